The predicted molar refractivity (Wildman–Crippen MR) is 81.3 cm³/mol. The van der Waals surface area contributed by atoms with Gasteiger partial charge in [-0.1, -0.05) is 13.0 Å². The Morgan fingerprint density at radius 2 is 2.16 bits per heavy atom. The highest BCUT2D eigenvalue weighted by Gasteiger charge is 2.14. The molecule has 0 aliphatic heterocycles. The largest absolute Gasteiger partial charge is 0.326 e. The topological polar surface area (TPSA) is 43.8 Å². The van der Waals surface area contributed by atoms with Crippen LogP contribution >= 0.6 is 11.3 Å². The van der Waals surface area contributed by atoms with Crippen LogP contribution in [0.15, 0.2) is 29.6 Å². The molecule has 0 radical (unpaired) electrons. The van der Waals surface area contributed by atoms with Gasteiger partial charge in [0.25, 0.3) is 0 Å². The van der Waals surface area contributed by atoms with Gasteiger partial charge in [0.1, 0.15) is 0 Å². The summed E-state index contributed by atoms with van der Waals surface area (Å²) in [4.78, 5) is 6.04. The van der Waals surface area contributed by atoms with Crippen LogP contribution in [0.1, 0.15) is 18.1 Å². The van der Waals surface area contributed by atoms with Crippen molar-refractivity contribution in [1.29, 1.82) is 0 Å². The summed E-state index contributed by atoms with van der Waals surface area (Å²) in [7, 11) is 2.07. The lowest BCUT2D eigenvalue weighted by Gasteiger charge is -2.03. The first kappa shape index (κ1) is 12.4. The number of rotatable bonds is 3. The quantitative estimate of drug-likeness (QED) is 0.794. The average Bonchev–Trinajstić information content (AvgIpc) is 3.03. The number of hydrogen-bond donors (Lipinski definition) is 1. The predicted octanol–water partition coefficient (Wildman–Crippen LogP) is 3.32. The second-order valence-corrected chi connectivity index (χ2v) is 5.57. The summed E-state index contributed by atoms with van der Waals surface area (Å²) < 4.78 is 2.17. The fraction of sp³-hybridized carbons (Fsp3) is 0.267. The molecule has 2 heterocycles. The van der Waals surface area contributed by atoms with Gasteiger partial charge >= 0.3 is 0 Å². The Kier molecular flexibility index (Phi) is 3.12. The normalized spacial score (nSPS) is 11.3. The zero-order chi connectivity index (χ0) is 13.4. The Bertz CT molecular complexity index is 724. The third kappa shape index (κ3) is 1.97. The molecule has 0 amide bonds. The molecule has 0 saturated heterocycles. The van der Waals surface area contributed by atoms with E-state index >= 15 is 0 Å². The van der Waals surface area contributed by atoms with Crippen LogP contribution in [0.2, 0.25) is 0 Å². The Hall–Kier alpha value is -1.65. The van der Waals surface area contributed by atoms with Crippen LogP contribution < -0.4 is 5.73 Å². The molecule has 0 saturated carbocycles. The molecule has 0 aliphatic rings. The van der Waals surface area contributed by atoms with Gasteiger partial charge in [-0.25, -0.2) is 4.98 Å². The summed E-state index contributed by atoms with van der Waals surface area (Å²) in [6, 6.07) is 8.42. The van der Waals surface area contributed by atoms with Gasteiger partial charge < -0.3 is 10.3 Å². The van der Waals surface area contributed by atoms with E-state index in [0.717, 1.165) is 28.8 Å². The van der Waals surface area contributed by atoms with Crippen LogP contribution in [0.25, 0.3) is 21.7 Å². The van der Waals surface area contributed by atoms with Crippen LogP contribution in [-0.2, 0) is 20.0 Å². The minimum Gasteiger partial charge on any atom is -0.326 e. The van der Waals surface area contributed by atoms with E-state index in [-0.39, 0.29) is 0 Å². The molecule has 3 rings (SSSR count). The van der Waals surface area contributed by atoms with E-state index in [1.165, 1.54) is 10.4 Å². The third-order valence-corrected chi connectivity index (χ3v) is 4.46. The number of benzene rings is 1. The Morgan fingerprint density at radius 3 is 2.89 bits per heavy atom. The number of imidazole rings is 1. The standard InChI is InChI=1S/C15H17N3S/c1-3-11-6-7-19-14(11)15-17-12-5-4-10(9-16)8-13(12)18(15)2/h4-8H,3,9,16H2,1-2H3. The molecule has 0 fully saturated rings. The first-order valence-corrected chi connectivity index (χ1v) is 7.34. The lowest BCUT2D eigenvalue weighted by molar-refractivity contribution is 0.956. The van der Waals surface area contributed by atoms with Crippen LogP contribution in [0.3, 0.4) is 0 Å². The molecule has 1 aromatic carbocycles. The number of nitrogens with zero attached hydrogens (tertiary/aromatic N) is 2. The number of aromatic nitrogens is 2. The molecule has 0 unspecified atom stereocenters. The van der Waals surface area contributed by atoms with E-state index in [4.69, 9.17) is 10.7 Å². The van der Waals surface area contributed by atoms with Crippen molar-refractivity contribution in [3.05, 3.63) is 40.8 Å². The molecule has 0 atom stereocenters. The van der Waals surface area contributed by atoms with Crippen molar-refractivity contribution in [2.24, 2.45) is 12.8 Å². The Balaban J connectivity index is 2.22. The van der Waals surface area contributed by atoms with Crippen molar-refractivity contribution in [2.45, 2.75) is 19.9 Å². The molecule has 2 aromatic heterocycles. The maximum atomic E-state index is 5.71. The highest BCUT2D eigenvalue weighted by Crippen LogP contribution is 2.31. The minimum absolute atomic E-state index is 0.565. The fourth-order valence-electron chi connectivity index (χ4n) is 2.38. The van der Waals surface area contributed by atoms with Crippen molar-refractivity contribution < 1.29 is 0 Å². The highest BCUT2D eigenvalue weighted by atomic mass is 32.1. The molecule has 0 spiro atoms. The summed E-state index contributed by atoms with van der Waals surface area (Å²) in [5.41, 5.74) is 10.4. The molecule has 0 bridgehead atoms. The van der Waals surface area contributed by atoms with Gasteiger partial charge in [0.15, 0.2) is 5.82 Å². The number of thiophene rings is 1. The molecular formula is C15H17N3S. The Morgan fingerprint density at radius 1 is 1.32 bits per heavy atom. The monoisotopic (exact) mass is 271 g/mol. The number of fused-ring (bicyclic) bond motifs is 1. The van der Waals surface area contributed by atoms with Gasteiger partial charge in [0.2, 0.25) is 0 Å². The molecular weight excluding hydrogens is 254 g/mol. The van der Waals surface area contributed by atoms with Crippen molar-refractivity contribution >= 4 is 22.4 Å². The SMILES string of the molecule is CCc1ccsc1-c1nc2ccc(CN)cc2n1C. The van der Waals surface area contributed by atoms with Crippen molar-refractivity contribution in [3.8, 4) is 10.7 Å². The minimum atomic E-state index is 0.565. The number of hydrogen-bond acceptors (Lipinski definition) is 3. The van der Waals surface area contributed by atoms with Crippen molar-refractivity contribution in [1.82, 2.24) is 9.55 Å². The van der Waals surface area contributed by atoms with Crippen LogP contribution in [0, 0.1) is 0 Å². The van der Waals surface area contributed by atoms with E-state index in [0.29, 0.717) is 6.54 Å². The molecule has 2 N–H and O–H groups in total. The zero-order valence-corrected chi connectivity index (χ0v) is 12.0. The lowest BCUT2D eigenvalue weighted by Crippen LogP contribution is -1.97. The summed E-state index contributed by atoms with van der Waals surface area (Å²) in [6.45, 7) is 2.75. The summed E-state index contributed by atoms with van der Waals surface area (Å²) >= 11 is 1.76. The molecule has 4 heteroatoms. The Labute approximate surface area is 116 Å². The second-order valence-electron chi connectivity index (χ2n) is 4.65. The first-order valence-electron chi connectivity index (χ1n) is 6.46. The first-order chi connectivity index (χ1) is 9.24. The summed E-state index contributed by atoms with van der Waals surface area (Å²) in [5.74, 6) is 1.05. The molecule has 0 aliphatic carbocycles. The number of nitrogens with two attached hydrogens (primary N) is 1. The van der Waals surface area contributed by atoms with Crippen LogP contribution in [0.5, 0.6) is 0 Å². The van der Waals surface area contributed by atoms with Crippen molar-refractivity contribution in [2.75, 3.05) is 0 Å². The maximum Gasteiger partial charge on any atom is 0.151 e. The van der Waals surface area contributed by atoms with Gasteiger partial charge in [-0.15, -0.1) is 11.3 Å². The zero-order valence-electron chi connectivity index (χ0n) is 11.2. The van der Waals surface area contributed by atoms with E-state index in [9.17, 15) is 0 Å². The molecule has 3 nitrogen and oxygen atoms in total. The smallest absolute Gasteiger partial charge is 0.151 e. The lowest BCUT2D eigenvalue weighted by atomic mass is 10.2. The fourth-order valence-corrected chi connectivity index (χ4v) is 3.40. The second kappa shape index (κ2) is 4.79. The van der Waals surface area contributed by atoms with Crippen LogP contribution in [0.4, 0.5) is 0 Å². The van der Waals surface area contributed by atoms with E-state index in [2.05, 4.69) is 42.1 Å². The molecule has 98 valence electrons. The van der Waals surface area contributed by atoms with E-state index < -0.39 is 0 Å². The average molecular weight is 271 g/mol. The molecule has 19 heavy (non-hydrogen) atoms. The summed E-state index contributed by atoms with van der Waals surface area (Å²) in [5, 5.41) is 2.14. The molecule has 3 aromatic rings. The van der Waals surface area contributed by atoms with Gasteiger partial charge in [-0.2, -0.15) is 0 Å². The highest BCUT2D eigenvalue weighted by molar-refractivity contribution is 7.13. The van der Waals surface area contributed by atoms with Crippen molar-refractivity contribution in [3.63, 3.8) is 0 Å². The van der Waals surface area contributed by atoms with Gasteiger partial charge in [-0.3, -0.25) is 0 Å². The third-order valence-electron chi connectivity index (χ3n) is 3.51. The van der Waals surface area contributed by atoms with Gasteiger partial charge in [0, 0.05) is 13.6 Å². The van der Waals surface area contributed by atoms with Gasteiger partial charge in [-0.05, 0) is 41.1 Å². The van der Waals surface area contributed by atoms with E-state index in [1.54, 1.807) is 11.3 Å². The maximum absolute atomic E-state index is 5.71. The van der Waals surface area contributed by atoms with Gasteiger partial charge in [0.05, 0.1) is 15.9 Å². The number of aryl methyl sites for hydroxylation is 2. The van der Waals surface area contributed by atoms with Crippen LogP contribution in [-0.4, -0.2) is 9.55 Å². The van der Waals surface area contributed by atoms with E-state index in [1.807, 2.05) is 6.07 Å². The summed E-state index contributed by atoms with van der Waals surface area (Å²) in [6.07, 6.45) is 1.04.